The van der Waals surface area contributed by atoms with Crippen LogP contribution < -0.4 is 0 Å². The SMILES string of the molecule is Cc1cncc(C(=O)N2CCCC(N(Cc3cccnc3)C(=O)C3CCC3)C2)c1. The molecule has 1 saturated carbocycles. The molecule has 1 aliphatic carbocycles. The first-order valence-corrected chi connectivity index (χ1v) is 10.5. The van der Waals surface area contributed by atoms with Crippen LogP contribution in [0.5, 0.6) is 0 Å². The zero-order valence-electron chi connectivity index (χ0n) is 17.0. The van der Waals surface area contributed by atoms with Gasteiger partial charge in [0.15, 0.2) is 0 Å². The van der Waals surface area contributed by atoms with Crippen molar-refractivity contribution in [1.82, 2.24) is 19.8 Å². The van der Waals surface area contributed by atoms with Gasteiger partial charge in [-0.1, -0.05) is 12.5 Å². The monoisotopic (exact) mass is 392 g/mol. The molecule has 2 aromatic rings. The van der Waals surface area contributed by atoms with Gasteiger partial charge in [0, 0.05) is 56.4 Å². The third-order valence-electron chi connectivity index (χ3n) is 6.06. The molecule has 1 aliphatic heterocycles. The maximum absolute atomic E-state index is 13.2. The molecule has 0 aromatic carbocycles. The zero-order valence-corrected chi connectivity index (χ0v) is 17.0. The van der Waals surface area contributed by atoms with Gasteiger partial charge in [0.1, 0.15) is 0 Å². The lowest BCUT2D eigenvalue weighted by molar-refractivity contribution is -0.142. The summed E-state index contributed by atoms with van der Waals surface area (Å²) in [7, 11) is 0. The summed E-state index contributed by atoms with van der Waals surface area (Å²) in [5.74, 6) is 0.374. The van der Waals surface area contributed by atoms with E-state index in [1.54, 1.807) is 18.6 Å². The molecular formula is C23H28N4O2. The van der Waals surface area contributed by atoms with Crippen molar-refractivity contribution in [1.29, 1.82) is 0 Å². The highest BCUT2D eigenvalue weighted by Gasteiger charge is 2.36. The van der Waals surface area contributed by atoms with Gasteiger partial charge in [-0.2, -0.15) is 0 Å². The topological polar surface area (TPSA) is 66.4 Å². The van der Waals surface area contributed by atoms with Crippen LogP contribution >= 0.6 is 0 Å². The van der Waals surface area contributed by atoms with Crippen molar-refractivity contribution < 1.29 is 9.59 Å². The van der Waals surface area contributed by atoms with Crippen molar-refractivity contribution in [3.05, 3.63) is 59.7 Å². The highest BCUT2D eigenvalue weighted by molar-refractivity contribution is 5.94. The van der Waals surface area contributed by atoms with E-state index in [-0.39, 0.29) is 23.8 Å². The van der Waals surface area contributed by atoms with E-state index < -0.39 is 0 Å². The van der Waals surface area contributed by atoms with E-state index in [2.05, 4.69) is 9.97 Å². The molecule has 0 spiro atoms. The summed E-state index contributed by atoms with van der Waals surface area (Å²) in [5, 5.41) is 0. The Morgan fingerprint density at radius 1 is 1.14 bits per heavy atom. The molecule has 2 amide bonds. The Morgan fingerprint density at radius 3 is 2.69 bits per heavy atom. The number of rotatable bonds is 5. The van der Waals surface area contributed by atoms with Gasteiger partial charge in [-0.25, -0.2) is 0 Å². The number of carbonyl (C=O) groups is 2. The first-order chi connectivity index (χ1) is 14.1. The van der Waals surface area contributed by atoms with Crippen LogP contribution in [0.15, 0.2) is 43.0 Å². The maximum atomic E-state index is 13.2. The molecule has 0 N–H and O–H groups in total. The van der Waals surface area contributed by atoms with Gasteiger partial charge >= 0.3 is 0 Å². The molecule has 152 valence electrons. The number of amides is 2. The third kappa shape index (κ3) is 4.47. The molecule has 1 atom stereocenters. The van der Waals surface area contributed by atoms with Crippen LogP contribution in [0.3, 0.4) is 0 Å². The number of nitrogens with zero attached hydrogens (tertiary/aromatic N) is 4. The standard InChI is InChI=1S/C23H28N4O2/c1-17-11-20(14-25-12-17)22(28)26-10-4-8-21(16-26)27(23(29)19-6-2-7-19)15-18-5-3-9-24-13-18/h3,5,9,11-14,19,21H,2,4,6-8,10,15-16H2,1H3. The second-order valence-corrected chi connectivity index (χ2v) is 8.25. The molecule has 6 heteroatoms. The molecule has 1 saturated heterocycles. The van der Waals surface area contributed by atoms with Crippen LogP contribution in [0, 0.1) is 12.8 Å². The van der Waals surface area contributed by atoms with E-state index in [0.717, 1.165) is 49.8 Å². The van der Waals surface area contributed by atoms with Crippen molar-refractivity contribution >= 4 is 11.8 Å². The number of likely N-dealkylation sites (tertiary alicyclic amines) is 1. The Bertz CT molecular complexity index is 866. The summed E-state index contributed by atoms with van der Waals surface area (Å²) in [4.78, 5) is 38.5. The number of aryl methyl sites for hydroxylation is 1. The second kappa shape index (κ2) is 8.72. The minimum Gasteiger partial charge on any atom is -0.337 e. The van der Waals surface area contributed by atoms with Gasteiger partial charge in [0.25, 0.3) is 5.91 Å². The number of aromatic nitrogens is 2. The van der Waals surface area contributed by atoms with Crippen LogP contribution in [0.25, 0.3) is 0 Å². The highest BCUT2D eigenvalue weighted by atomic mass is 16.2. The molecular weight excluding hydrogens is 364 g/mol. The Balaban J connectivity index is 1.52. The van der Waals surface area contributed by atoms with E-state index in [1.807, 2.05) is 41.1 Å². The van der Waals surface area contributed by atoms with Gasteiger partial charge in [-0.15, -0.1) is 0 Å². The van der Waals surface area contributed by atoms with E-state index in [1.165, 1.54) is 0 Å². The van der Waals surface area contributed by atoms with Gasteiger partial charge in [-0.3, -0.25) is 19.6 Å². The highest BCUT2D eigenvalue weighted by Crippen LogP contribution is 2.31. The van der Waals surface area contributed by atoms with Crippen molar-refractivity contribution in [3.8, 4) is 0 Å². The average Bonchev–Trinajstić information content (AvgIpc) is 2.71. The van der Waals surface area contributed by atoms with Gasteiger partial charge in [-0.05, 0) is 55.9 Å². The van der Waals surface area contributed by atoms with Crippen LogP contribution in [0.2, 0.25) is 0 Å². The Hall–Kier alpha value is -2.76. The molecule has 0 bridgehead atoms. The number of carbonyl (C=O) groups excluding carboxylic acids is 2. The Kier molecular flexibility index (Phi) is 5.88. The van der Waals surface area contributed by atoms with Crippen LogP contribution in [0.1, 0.15) is 53.6 Å². The largest absolute Gasteiger partial charge is 0.337 e. The number of hydrogen-bond donors (Lipinski definition) is 0. The maximum Gasteiger partial charge on any atom is 0.255 e. The summed E-state index contributed by atoms with van der Waals surface area (Å²) >= 11 is 0. The Morgan fingerprint density at radius 2 is 2.00 bits per heavy atom. The molecule has 0 radical (unpaired) electrons. The van der Waals surface area contributed by atoms with Gasteiger partial charge in [0.05, 0.1) is 5.56 Å². The van der Waals surface area contributed by atoms with E-state index in [9.17, 15) is 9.59 Å². The van der Waals surface area contributed by atoms with Crippen molar-refractivity contribution in [2.24, 2.45) is 5.92 Å². The predicted molar refractivity (Wildman–Crippen MR) is 110 cm³/mol. The van der Waals surface area contributed by atoms with Crippen molar-refractivity contribution in [2.75, 3.05) is 13.1 Å². The third-order valence-corrected chi connectivity index (χ3v) is 6.06. The lowest BCUT2D eigenvalue weighted by atomic mass is 9.83. The summed E-state index contributed by atoms with van der Waals surface area (Å²) in [6.45, 7) is 3.80. The fourth-order valence-electron chi connectivity index (χ4n) is 4.21. The number of piperidine rings is 1. The van der Waals surface area contributed by atoms with E-state index in [0.29, 0.717) is 18.7 Å². The van der Waals surface area contributed by atoms with Crippen molar-refractivity contribution in [3.63, 3.8) is 0 Å². The molecule has 2 aliphatic rings. The predicted octanol–water partition coefficient (Wildman–Crippen LogP) is 3.22. The molecule has 3 heterocycles. The van der Waals surface area contributed by atoms with E-state index >= 15 is 0 Å². The number of pyridine rings is 2. The molecule has 6 nitrogen and oxygen atoms in total. The second-order valence-electron chi connectivity index (χ2n) is 8.25. The van der Waals surface area contributed by atoms with Crippen LogP contribution in [0.4, 0.5) is 0 Å². The normalized spacial score (nSPS) is 19.5. The summed E-state index contributed by atoms with van der Waals surface area (Å²) in [5.41, 5.74) is 2.63. The quantitative estimate of drug-likeness (QED) is 0.784. The van der Waals surface area contributed by atoms with Gasteiger partial charge in [0.2, 0.25) is 5.91 Å². The van der Waals surface area contributed by atoms with Crippen LogP contribution in [-0.2, 0) is 11.3 Å². The summed E-state index contributed by atoms with van der Waals surface area (Å²) < 4.78 is 0. The Labute approximate surface area is 172 Å². The minimum absolute atomic E-state index is 0.00307. The molecule has 4 rings (SSSR count). The molecule has 2 aromatic heterocycles. The fourth-order valence-corrected chi connectivity index (χ4v) is 4.21. The summed E-state index contributed by atoms with van der Waals surface area (Å²) in [6, 6.07) is 5.84. The number of hydrogen-bond acceptors (Lipinski definition) is 4. The molecule has 2 fully saturated rings. The van der Waals surface area contributed by atoms with Gasteiger partial charge < -0.3 is 9.80 Å². The summed E-state index contributed by atoms with van der Waals surface area (Å²) in [6.07, 6.45) is 11.9. The lowest BCUT2D eigenvalue weighted by Crippen LogP contribution is -2.53. The first-order valence-electron chi connectivity index (χ1n) is 10.5. The van der Waals surface area contributed by atoms with Crippen LogP contribution in [-0.4, -0.2) is 50.7 Å². The zero-order chi connectivity index (χ0) is 20.2. The molecule has 1 unspecified atom stereocenters. The lowest BCUT2D eigenvalue weighted by Gasteiger charge is -2.42. The minimum atomic E-state index is 0.00307. The molecule has 29 heavy (non-hydrogen) atoms. The van der Waals surface area contributed by atoms with E-state index in [4.69, 9.17) is 0 Å². The first kappa shape index (κ1) is 19.6. The average molecular weight is 393 g/mol. The smallest absolute Gasteiger partial charge is 0.255 e. The van der Waals surface area contributed by atoms with Crippen molar-refractivity contribution in [2.45, 2.75) is 51.6 Å². The fraction of sp³-hybridized carbons (Fsp3) is 0.478.